The average molecular weight is 407 g/mol. The molecule has 0 radical (unpaired) electrons. The second-order valence-electron chi connectivity index (χ2n) is 6.37. The Kier molecular flexibility index (Phi) is 7.00. The zero-order valence-electron chi connectivity index (χ0n) is 16.4. The number of anilines is 3. The number of rotatable bonds is 8. The summed E-state index contributed by atoms with van der Waals surface area (Å²) in [5.41, 5.74) is 1.93. The minimum atomic E-state index is -0.492. The van der Waals surface area contributed by atoms with Crippen LogP contribution in [0.5, 0.6) is 5.75 Å². The van der Waals surface area contributed by atoms with Crippen LogP contribution in [0.3, 0.4) is 0 Å². The van der Waals surface area contributed by atoms with E-state index >= 15 is 0 Å². The van der Waals surface area contributed by atoms with Crippen LogP contribution in [-0.4, -0.2) is 25.0 Å². The van der Waals surface area contributed by atoms with Crippen molar-refractivity contribution in [3.63, 3.8) is 0 Å². The molecule has 0 fully saturated rings. The zero-order valence-corrected chi connectivity index (χ0v) is 16.4. The number of para-hydroxylation sites is 1. The number of amides is 2. The third-order valence-corrected chi connectivity index (χ3v) is 4.17. The molecule has 0 aromatic heterocycles. The fourth-order valence-corrected chi connectivity index (χ4v) is 2.68. The van der Waals surface area contributed by atoms with Crippen molar-refractivity contribution in [1.29, 1.82) is 0 Å². The van der Waals surface area contributed by atoms with E-state index in [1.165, 1.54) is 12.1 Å². The molecule has 3 aromatic carbocycles. The molecular formula is C23H22FN3O3. The van der Waals surface area contributed by atoms with Crippen molar-refractivity contribution in [2.24, 2.45) is 0 Å². The molecule has 2 amide bonds. The molecule has 0 aliphatic rings. The lowest BCUT2D eigenvalue weighted by Crippen LogP contribution is -2.22. The zero-order chi connectivity index (χ0) is 21.3. The molecule has 0 aliphatic heterocycles. The molecule has 3 N–H and O–H groups in total. The van der Waals surface area contributed by atoms with Crippen LogP contribution in [0, 0.1) is 5.82 Å². The van der Waals surface area contributed by atoms with Gasteiger partial charge in [-0.2, -0.15) is 0 Å². The Morgan fingerprint density at radius 1 is 0.867 bits per heavy atom. The summed E-state index contributed by atoms with van der Waals surface area (Å²) >= 11 is 0. The first-order chi connectivity index (χ1) is 14.5. The van der Waals surface area contributed by atoms with E-state index in [1.807, 2.05) is 6.92 Å². The molecule has 0 unspecified atom stereocenters. The van der Waals surface area contributed by atoms with E-state index in [0.717, 1.165) is 5.75 Å². The van der Waals surface area contributed by atoms with Gasteiger partial charge < -0.3 is 20.7 Å². The Bertz CT molecular complexity index is 1000. The molecule has 154 valence electrons. The van der Waals surface area contributed by atoms with Crippen LogP contribution in [0.25, 0.3) is 0 Å². The Morgan fingerprint density at radius 3 is 2.20 bits per heavy atom. The molecule has 0 saturated heterocycles. The minimum absolute atomic E-state index is 0.0357. The summed E-state index contributed by atoms with van der Waals surface area (Å²) in [6.45, 7) is 2.45. The monoisotopic (exact) mass is 407 g/mol. The lowest BCUT2D eigenvalue weighted by Gasteiger charge is -2.10. The first kappa shape index (κ1) is 20.9. The lowest BCUT2D eigenvalue weighted by molar-refractivity contribution is -0.114. The standard InChI is InChI=1S/C23H22FN3O3/c1-2-30-19-13-11-18(12-14-19)26-23(29)16-7-9-17(10-8-16)25-15-22(28)27-21-6-4-3-5-20(21)24/h3-14,25H,2,15H2,1H3,(H,26,29)(H,27,28). The van der Waals surface area contributed by atoms with Crippen LogP contribution in [0.4, 0.5) is 21.5 Å². The van der Waals surface area contributed by atoms with Crippen molar-refractivity contribution in [2.75, 3.05) is 29.1 Å². The van der Waals surface area contributed by atoms with Crippen molar-refractivity contribution >= 4 is 28.9 Å². The third-order valence-electron chi connectivity index (χ3n) is 4.17. The highest BCUT2D eigenvalue weighted by Crippen LogP contribution is 2.17. The Balaban J connectivity index is 1.51. The summed E-state index contributed by atoms with van der Waals surface area (Å²) in [5.74, 6) is -0.376. The third kappa shape index (κ3) is 5.81. The maximum absolute atomic E-state index is 13.6. The fraction of sp³-hybridized carbons (Fsp3) is 0.130. The van der Waals surface area contributed by atoms with E-state index in [1.54, 1.807) is 60.7 Å². The van der Waals surface area contributed by atoms with E-state index < -0.39 is 5.82 Å². The highest BCUT2D eigenvalue weighted by Gasteiger charge is 2.08. The first-order valence-corrected chi connectivity index (χ1v) is 9.47. The van der Waals surface area contributed by atoms with Crippen molar-refractivity contribution in [1.82, 2.24) is 0 Å². The highest BCUT2D eigenvalue weighted by molar-refractivity contribution is 6.04. The minimum Gasteiger partial charge on any atom is -0.494 e. The number of benzene rings is 3. The summed E-state index contributed by atoms with van der Waals surface area (Å²) in [4.78, 5) is 24.3. The molecule has 3 rings (SSSR count). The van der Waals surface area contributed by atoms with E-state index in [0.29, 0.717) is 23.5 Å². The smallest absolute Gasteiger partial charge is 0.255 e. The summed E-state index contributed by atoms with van der Waals surface area (Å²) < 4.78 is 18.9. The van der Waals surface area contributed by atoms with Gasteiger partial charge in [-0.05, 0) is 67.6 Å². The second kappa shape index (κ2) is 10.1. The Morgan fingerprint density at radius 2 is 1.53 bits per heavy atom. The Labute approximate surface area is 174 Å². The summed E-state index contributed by atoms with van der Waals surface area (Å²) in [6, 6.07) is 19.8. The predicted molar refractivity (Wildman–Crippen MR) is 116 cm³/mol. The summed E-state index contributed by atoms with van der Waals surface area (Å²) in [6.07, 6.45) is 0. The van der Waals surface area contributed by atoms with Gasteiger partial charge in [0.2, 0.25) is 5.91 Å². The van der Waals surface area contributed by atoms with Gasteiger partial charge in [0.25, 0.3) is 5.91 Å². The van der Waals surface area contributed by atoms with Gasteiger partial charge in [-0.25, -0.2) is 4.39 Å². The predicted octanol–water partition coefficient (Wildman–Crippen LogP) is 4.53. The van der Waals surface area contributed by atoms with E-state index in [4.69, 9.17) is 4.74 Å². The van der Waals surface area contributed by atoms with Gasteiger partial charge in [0.15, 0.2) is 0 Å². The number of carbonyl (C=O) groups is 2. The van der Waals surface area contributed by atoms with E-state index in [-0.39, 0.29) is 24.0 Å². The van der Waals surface area contributed by atoms with Crippen LogP contribution < -0.4 is 20.7 Å². The van der Waals surface area contributed by atoms with E-state index in [2.05, 4.69) is 16.0 Å². The van der Waals surface area contributed by atoms with Gasteiger partial charge >= 0.3 is 0 Å². The molecule has 7 heteroatoms. The van der Waals surface area contributed by atoms with Crippen LogP contribution >= 0.6 is 0 Å². The van der Waals surface area contributed by atoms with Crippen molar-refractivity contribution in [3.8, 4) is 5.75 Å². The average Bonchev–Trinajstić information content (AvgIpc) is 2.76. The fourth-order valence-electron chi connectivity index (χ4n) is 2.68. The number of carbonyl (C=O) groups excluding carboxylic acids is 2. The van der Waals surface area contributed by atoms with Gasteiger partial charge in [-0.15, -0.1) is 0 Å². The topological polar surface area (TPSA) is 79.5 Å². The molecule has 0 atom stereocenters. The number of nitrogens with one attached hydrogen (secondary N) is 3. The van der Waals surface area contributed by atoms with Crippen molar-refractivity contribution < 1.29 is 18.7 Å². The van der Waals surface area contributed by atoms with Gasteiger partial charge in [-0.3, -0.25) is 9.59 Å². The quantitative estimate of drug-likeness (QED) is 0.513. The van der Waals surface area contributed by atoms with Crippen LogP contribution in [0.2, 0.25) is 0 Å². The lowest BCUT2D eigenvalue weighted by atomic mass is 10.2. The number of halogens is 1. The van der Waals surface area contributed by atoms with Gasteiger partial charge in [0.1, 0.15) is 11.6 Å². The van der Waals surface area contributed by atoms with E-state index in [9.17, 15) is 14.0 Å². The molecule has 3 aromatic rings. The van der Waals surface area contributed by atoms with Crippen molar-refractivity contribution in [3.05, 3.63) is 84.2 Å². The summed E-state index contributed by atoms with van der Waals surface area (Å²) in [5, 5.41) is 8.25. The SMILES string of the molecule is CCOc1ccc(NC(=O)c2ccc(NCC(=O)Nc3ccccc3F)cc2)cc1. The Hall–Kier alpha value is -3.87. The summed E-state index contributed by atoms with van der Waals surface area (Å²) in [7, 11) is 0. The van der Waals surface area contributed by atoms with Crippen LogP contribution in [0.15, 0.2) is 72.8 Å². The van der Waals surface area contributed by atoms with Gasteiger partial charge in [0, 0.05) is 16.9 Å². The molecule has 6 nitrogen and oxygen atoms in total. The molecule has 0 heterocycles. The van der Waals surface area contributed by atoms with Gasteiger partial charge in [-0.1, -0.05) is 12.1 Å². The molecular weight excluding hydrogens is 385 g/mol. The molecule has 0 aliphatic carbocycles. The number of hydrogen-bond acceptors (Lipinski definition) is 4. The maximum atomic E-state index is 13.6. The molecule has 0 spiro atoms. The molecule has 0 saturated carbocycles. The second-order valence-corrected chi connectivity index (χ2v) is 6.37. The normalized spacial score (nSPS) is 10.2. The molecule has 30 heavy (non-hydrogen) atoms. The van der Waals surface area contributed by atoms with Crippen LogP contribution in [0.1, 0.15) is 17.3 Å². The number of ether oxygens (including phenoxy) is 1. The number of hydrogen-bond donors (Lipinski definition) is 3. The van der Waals surface area contributed by atoms with Gasteiger partial charge in [0.05, 0.1) is 18.8 Å². The van der Waals surface area contributed by atoms with Crippen molar-refractivity contribution in [2.45, 2.75) is 6.92 Å². The molecule has 0 bridgehead atoms. The largest absolute Gasteiger partial charge is 0.494 e. The highest BCUT2D eigenvalue weighted by atomic mass is 19.1. The van der Waals surface area contributed by atoms with Crippen LogP contribution in [-0.2, 0) is 4.79 Å². The first-order valence-electron chi connectivity index (χ1n) is 9.47. The maximum Gasteiger partial charge on any atom is 0.255 e.